The Hall–Kier alpha value is -0.480. The normalized spacial score (nSPS) is 50.6. The Morgan fingerprint density at radius 2 is 1.74 bits per heavy atom. The predicted molar refractivity (Wildman–Crippen MR) is 104 cm³/mol. The summed E-state index contributed by atoms with van der Waals surface area (Å²) in [6.07, 6.45) is 5.47. The SMILES string of the molecule is COC(=O)[C@]12C=CC(C3OC(C)(C)OC31)C1C2C=C(I)[C@H]2OC(C)(C)O[C@@H]12. The number of carbonyl (C=O) groups excluding carboxylic acids is 1. The van der Waals surface area contributed by atoms with Crippen molar-refractivity contribution in [1.82, 2.24) is 0 Å². The standard InChI is InChI=1S/C20H25IO6/c1-18(2)25-14-11(21)8-10-12(15(14)26-18)9-6-7-20(10,17(22)23-5)16-13(9)24-19(3,4)27-16/h6-10,12-16H,1-5H3/t9?,10?,12?,13?,14-,15+,16?,20+/m1/s1. The van der Waals surface area contributed by atoms with Crippen LogP contribution in [0, 0.1) is 23.2 Å². The number of rotatable bonds is 1. The second-order valence-electron chi connectivity index (χ2n) is 9.06. The lowest BCUT2D eigenvalue weighted by Gasteiger charge is -2.57. The fraction of sp³-hybridized carbons (Fsp3) is 0.750. The summed E-state index contributed by atoms with van der Waals surface area (Å²) in [5.74, 6) is -1.59. The van der Waals surface area contributed by atoms with E-state index in [1.54, 1.807) is 0 Å². The molecule has 2 saturated heterocycles. The topological polar surface area (TPSA) is 63.2 Å². The van der Waals surface area contributed by atoms with Crippen molar-refractivity contribution in [2.75, 3.05) is 7.11 Å². The van der Waals surface area contributed by atoms with Crippen LogP contribution in [0.25, 0.3) is 0 Å². The molecule has 0 aromatic rings. The number of halogens is 1. The molecule has 6 rings (SSSR count). The lowest BCUT2D eigenvalue weighted by molar-refractivity contribution is -0.187. The Labute approximate surface area is 172 Å². The molecule has 2 aliphatic heterocycles. The van der Waals surface area contributed by atoms with E-state index in [-0.39, 0.29) is 48.1 Å². The van der Waals surface area contributed by atoms with Gasteiger partial charge in [-0.1, -0.05) is 18.2 Å². The highest BCUT2D eigenvalue weighted by atomic mass is 127. The highest BCUT2D eigenvalue weighted by molar-refractivity contribution is 14.1. The number of methoxy groups -OCH3 is 1. The molecule has 2 heterocycles. The lowest BCUT2D eigenvalue weighted by atomic mass is 9.49. The van der Waals surface area contributed by atoms with Crippen LogP contribution >= 0.6 is 22.6 Å². The predicted octanol–water partition coefficient (Wildman–Crippen LogP) is 2.95. The van der Waals surface area contributed by atoms with Crippen LogP contribution in [0.4, 0.5) is 0 Å². The van der Waals surface area contributed by atoms with Crippen LogP contribution in [0.15, 0.2) is 21.8 Å². The maximum atomic E-state index is 13.2. The third-order valence-electron chi connectivity index (χ3n) is 6.64. The average molecular weight is 488 g/mol. The third-order valence-corrected chi connectivity index (χ3v) is 7.62. The Morgan fingerprint density at radius 1 is 1.07 bits per heavy atom. The van der Waals surface area contributed by atoms with Gasteiger partial charge < -0.3 is 23.7 Å². The second kappa shape index (κ2) is 5.56. The molecular formula is C20H25IO6. The minimum atomic E-state index is -0.913. The zero-order chi connectivity index (χ0) is 19.4. The summed E-state index contributed by atoms with van der Waals surface area (Å²) in [6, 6.07) is 0. The van der Waals surface area contributed by atoms with Crippen LogP contribution in [-0.4, -0.2) is 49.1 Å². The van der Waals surface area contributed by atoms with Crippen molar-refractivity contribution >= 4 is 28.6 Å². The largest absolute Gasteiger partial charge is 0.468 e. The van der Waals surface area contributed by atoms with Gasteiger partial charge in [-0.25, -0.2) is 0 Å². The van der Waals surface area contributed by atoms with Crippen LogP contribution in [0.5, 0.6) is 0 Å². The van der Waals surface area contributed by atoms with Gasteiger partial charge in [0, 0.05) is 21.3 Å². The van der Waals surface area contributed by atoms with E-state index in [0.717, 1.165) is 3.58 Å². The maximum Gasteiger partial charge on any atom is 0.319 e. The van der Waals surface area contributed by atoms with Gasteiger partial charge in [0.2, 0.25) is 0 Å². The van der Waals surface area contributed by atoms with Gasteiger partial charge in [-0.15, -0.1) is 0 Å². The van der Waals surface area contributed by atoms with Crippen LogP contribution in [0.3, 0.4) is 0 Å². The van der Waals surface area contributed by atoms with Gasteiger partial charge >= 0.3 is 5.97 Å². The summed E-state index contributed by atoms with van der Waals surface area (Å²) in [5, 5.41) is 0. The smallest absolute Gasteiger partial charge is 0.319 e. The van der Waals surface area contributed by atoms with E-state index < -0.39 is 17.0 Å². The average Bonchev–Trinajstić information content (AvgIpc) is 3.10. The van der Waals surface area contributed by atoms with Gasteiger partial charge in [0.15, 0.2) is 11.6 Å². The maximum absolute atomic E-state index is 13.2. The molecule has 8 atom stereocenters. The van der Waals surface area contributed by atoms with Crippen LogP contribution in [0.2, 0.25) is 0 Å². The summed E-state index contributed by atoms with van der Waals surface area (Å²) in [4.78, 5) is 13.2. The monoisotopic (exact) mass is 488 g/mol. The van der Waals surface area contributed by atoms with Gasteiger partial charge in [-0.2, -0.15) is 0 Å². The Kier molecular flexibility index (Phi) is 3.82. The van der Waals surface area contributed by atoms with Gasteiger partial charge in [0.1, 0.15) is 17.6 Å². The second-order valence-corrected chi connectivity index (χ2v) is 10.3. The van der Waals surface area contributed by atoms with Crippen molar-refractivity contribution < 1.29 is 28.5 Å². The molecule has 0 aromatic carbocycles. The molecule has 1 saturated carbocycles. The Balaban J connectivity index is 1.67. The number of hydrogen-bond donors (Lipinski definition) is 0. The van der Waals surface area contributed by atoms with E-state index in [1.807, 2.05) is 33.8 Å². The first kappa shape index (κ1) is 18.5. The molecular weight excluding hydrogens is 463 g/mol. The minimum absolute atomic E-state index is 0.0677. The number of fused-ring (bicyclic) bond motifs is 1. The van der Waals surface area contributed by atoms with Crippen molar-refractivity contribution in [3.8, 4) is 0 Å². The van der Waals surface area contributed by atoms with Gasteiger partial charge in [0.05, 0.1) is 19.3 Å². The molecule has 6 aliphatic rings. The number of carbonyl (C=O) groups is 1. The summed E-state index contributed by atoms with van der Waals surface area (Å²) in [6.45, 7) is 7.69. The molecule has 5 unspecified atom stereocenters. The molecule has 0 radical (unpaired) electrons. The van der Waals surface area contributed by atoms with E-state index in [9.17, 15) is 4.79 Å². The Bertz CT molecular complexity index is 758. The molecule has 7 heteroatoms. The lowest BCUT2D eigenvalue weighted by Crippen LogP contribution is -2.66. The molecule has 0 aromatic heterocycles. The highest BCUT2D eigenvalue weighted by Gasteiger charge is 2.72. The van der Waals surface area contributed by atoms with Crippen molar-refractivity contribution in [3.63, 3.8) is 0 Å². The van der Waals surface area contributed by atoms with Crippen molar-refractivity contribution in [2.45, 2.75) is 63.7 Å². The van der Waals surface area contributed by atoms with E-state index in [0.29, 0.717) is 0 Å². The Morgan fingerprint density at radius 3 is 2.44 bits per heavy atom. The number of esters is 1. The van der Waals surface area contributed by atoms with Crippen LogP contribution in [0.1, 0.15) is 27.7 Å². The molecule has 2 bridgehead atoms. The van der Waals surface area contributed by atoms with E-state index >= 15 is 0 Å². The molecule has 27 heavy (non-hydrogen) atoms. The number of allylic oxidation sites excluding steroid dienone is 1. The summed E-state index contributed by atoms with van der Waals surface area (Å²) >= 11 is 2.32. The van der Waals surface area contributed by atoms with Gasteiger partial charge in [0.25, 0.3) is 0 Å². The number of ether oxygens (including phenoxy) is 5. The first-order chi connectivity index (χ1) is 12.6. The first-order valence-corrected chi connectivity index (χ1v) is 10.5. The van der Waals surface area contributed by atoms with Gasteiger partial charge in [-0.3, -0.25) is 4.79 Å². The number of hydrogen-bond acceptors (Lipinski definition) is 6. The van der Waals surface area contributed by atoms with E-state index in [1.165, 1.54) is 7.11 Å². The molecule has 6 nitrogen and oxygen atoms in total. The van der Waals surface area contributed by atoms with Crippen molar-refractivity contribution in [2.24, 2.45) is 23.2 Å². The molecule has 3 fully saturated rings. The quantitative estimate of drug-likeness (QED) is 0.322. The van der Waals surface area contributed by atoms with E-state index in [4.69, 9.17) is 23.7 Å². The van der Waals surface area contributed by atoms with Crippen molar-refractivity contribution in [3.05, 3.63) is 21.8 Å². The molecule has 0 N–H and O–H groups in total. The molecule has 0 spiro atoms. The summed E-state index contributed by atoms with van der Waals surface area (Å²) in [5.41, 5.74) is -0.913. The zero-order valence-electron chi connectivity index (χ0n) is 16.1. The summed E-state index contributed by atoms with van der Waals surface area (Å²) in [7, 11) is 1.44. The zero-order valence-corrected chi connectivity index (χ0v) is 18.3. The molecule has 4 aliphatic carbocycles. The van der Waals surface area contributed by atoms with Crippen LogP contribution in [-0.2, 0) is 28.5 Å². The van der Waals surface area contributed by atoms with Crippen molar-refractivity contribution in [1.29, 1.82) is 0 Å². The first-order valence-electron chi connectivity index (χ1n) is 9.46. The molecule has 0 amide bonds. The van der Waals surface area contributed by atoms with Crippen LogP contribution < -0.4 is 0 Å². The third kappa shape index (κ3) is 2.35. The fourth-order valence-corrected chi connectivity index (χ4v) is 6.71. The summed E-state index contributed by atoms with van der Waals surface area (Å²) < 4.78 is 31.5. The van der Waals surface area contributed by atoms with E-state index in [2.05, 4.69) is 34.7 Å². The highest BCUT2D eigenvalue weighted by Crippen LogP contribution is 2.64. The minimum Gasteiger partial charge on any atom is -0.468 e. The van der Waals surface area contributed by atoms with Gasteiger partial charge in [-0.05, 0) is 50.3 Å². The fourth-order valence-electron chi connectivity index (χ4n) is 5.84. The molecule has 148 valence electrons.